The molecule has 230 valence electrons. The molecule has 0 spiro atoms. The Bertz CT molecular complexity index is 1640. The van der Waals surface area contributed by atoms with Gasteiger partial charge in [-0.15, -0.1) is 0 Å². The fourth-order valence-electron chi connectivity index (χ4n) is 4.64. The SMILES string of the molecule is CC[C@@H](C)NC(=O)[C@H](Cc1ccccc1)N(Cc1ccc(Cl)cc1)C(=O)CN(c1ccccc1)S(=O)(=O)c1ccc(F)cc1. The molecule has 0 heterocycles. The van der Waals surface area contributed by atoms with Gasteiger partial charge in [-0.05, 0) is 73.0 Å². The predicted octanol–water partition coefficient (Wildman–Crippen LogP) is 6.23. The monoisotopic (exact) mass is 635 g/mol. The lowest BCUT2D eigenvalue weighted by atomic mass is 10.0. The maximum atomic E-state index is 14.4. The fraction of sp³-hybridized carbons (Fsp3) is 0.235. The highest BCUT2D eigenvalue weighted by atomic mass is 35.5. The van der Waals surface area contributed by atoms with Crippen molar-refractivity contribution in [1.82, 2.24) is 10.2 Å². The van der Waals surface area contributed by atoms with Gasteiger partial charge in [-0.2, -0.15) is 0 Å². The summed E-state index contributed by atoms with van der Waals surface area (Å²) in [6.45, 7) is 3.26. The first-order chi connectivity index (χ1) is 21.1. The third-order valence-electron chi connectivity index (χ3n) is 7.26. The molecular formula is C34H35ClFN3O4S. The lowest BCUT2D eigenvalue weighted by Crippen LogP contribution is -2.54. The second-order valence-electron chi connectivity index (χ2n) is 10.5. The summed E-state index contributed by atoms with van der Waals surface area (Å²) >= 11 is 6.12. The minimum absolute atomic E-state index is 0.0284. The highest BCUT2D eigenvalue weighted by molar-refractivity contribution is 7.92. The summed E-state index contributed by atoms with van der Waals surface area (Å²) in [7, 11) is -4.30. The summed E-state index contributed by atoms with van der Waals surface area (Å²) < 4.78 is 42.5. The second-order valence-corrected chi connectivity index (χ2v) is 12.8. The van der Waals surface area contributed by atoms with Crippen LogP contribution in [0.5, 0.6) is 0 Å². The number of hydrogen-bond donors (Lipinski definition) is 1. The van der Waals surface area contributed by atoms with Crippen LogP contribution in [0.2, 0.25) is 5.02 Å². The van der Waals surface area contributed by atoms with Gasteiger partial charge in [-0.1, -0.05) is 79.2 Å². The molecule has 4 rings (SSSR count). The Morgan fingerprint density at radius 2 is 1.43 bits per heavy atom. The van der Waals surface area contributed by atoms with Crippen LogP contribution in [0.15, 0.2) is 114 Å². The van der Waals surface area contributed by atoms with E-state index in [0.717, 1.165) is 34.1 Å². The van der Waals surface area contributed by atoms with Crippen molar-refractivity contribution in [3.8, 4) is 0 Å². The van der Waals surface area contributed by atoms with E-state index in [1.807, 2.05) is 44.2 Å². The number of hydrogen-bond acceptors (Lipinski definition) is 4. The summed E-state index contributed by atoms with van der Waals surface area (Å²) in [5.41, 5.74) is 1.80. The van der Waals surface area contributed by atoms with Gasteiger partial charge >= 0.3 is 0 Å². The van der Waals surface area contributed by atoms with E-state index in [4.69, 9.17) is 11.6 Å². The van der Waals surface area contributed by atoms with Crippen molar-refractivity contribution in [2.45, 2.75) is 50.2 Å². The molecule has 0 fully saturated rings. The average molecular weight is 636 g/mol. The van der Waals surface area contributed by atoms with Gasteiger partial charge in [-0.3, -0.25) is 13.9 Å². The summed E-state index contributed by atoms with van der Waals surface area (Å²) in [4.78, 5) is 29.4. The Hall–Kier alpha value is -4.21. The number of nitrogens with one attached hydrogen (secondary N) is 1. The lowest BCUT2D eigenvalue weighted by molar-refractivity contribution is -0.140. The van der Waals surface area contributed by atoms with Crippen molar-refractivity contribution in [3.05, 3.63) is 131 Å². The average Bonchev–Trinajstić information content (AvgIpc) is 3.03. The van der Waals surface area contributed by atoms with Crippen LogP contribution in [0, 0.1) is 5.82 Å². The number of para-hydroxylation sites is 1. The molecule has 7 nitrogen and oxygen atoms in total. The van der Waals surface area contributed by atoms with Crippen LogP contribution >= 0.6 is 11.6 Å². The molecule has 0 aliphatic heterocycles. The van der Waals surface area contributed by atoms with Gasteiger partial charge in [0, 0.05) is 24.0 Å². The summed E-state index contributed by atoms with van der Waals surface area (Å²) in [5.74, 6) is -1.52. The molecular weight excluding hydrogens is 601 g/mol. The first-order valence-electron chi connectivity index (χ1n) is 14.3. The number of benzene rings is 4. The zero-order valence-corrected chi connectivity index (χ0v) is 26.1. The fourth-order valence-corrected chi connectivity index (χ4v) is 6.18. The van der Waals surface area contributed by atoms with Crippen LogP contribution in [0.4, 0.5) is 10.1 Å². The third-order valence-corrected chi connectivity index (χ3v) is 9.30. The Balaban J connectivity index is 1.78. The van der Waals surface area contributed by atoms with Gasteiger partial charge in [0.2, 0.25) is 11.8 Å². The summed E-state index contributed by atoms with van der Waals surface area (Å²) in [6, 6.07) is 27.8. The number of carbonyl (C=O) groups is 2. The van der Waals surface area contributed by atoms with Gasteiger partial charge < -0.3 is 10.2 Å². The Morgan fingerprint density at radius 1 is 0.841 bits per heavy atom. The van der Waals surface area contributed by atoms with Gasteiger partial charge in [0.1, 0.15) is 18.4 Å². The minimum Gasteiger partial charge on any atom is -0.352 e. The number of nitrogens with zero attached hydrogens (tertiary/aromatic N) is 2. The molecule has 2 amide bonds. The zero-order chi connectivity index (χ0) is 31.7. The number of anilines is 1. The van der Waals surface area contributed by atoms with Gasteiger partial charge in [0.05, 0.1) is 10.6 Å². The quantitative estimate of drug-likeness (QED) is 0.189. The first-order valence-corrected chi connectivity index (χ1v) is 16.1. The maximum Gasteiger partial charge on any atom is 0.264 e. The van der Waals surface area contributed by atoms with Crippen LogP contribution in [0.1, 0.15) is 31.4 Å². The van der Waals surface area contributed by atoms with Gasteiger partial charge in [-0.25, -0.2) is 12.8 Å². The molecule has 4 aromatic carbocycles. The number of rotatable bonds is 13. The molecule has 0 bridgehead atoms. The van der Waals surface area contributed by atoms with Crippen molar-refractivity contribution >= 4 is 39.1 Å². The summed E-state index contributed by atoms with van der Waals surface area (Å²) in [6.07, 6.45) is 0.894. The highest BCUT2D eigenvalue weighted by Crippen LogP contribution is 2.25. The number of halogens is 2. The summed E-state index contributed by atoms with van der Waals surface area (Å²) in [5, 5.41) is 3.52. The molecule has 10 heteroatoms. The van der Waals surface area contributed by atoms with Crippen LogP contribution in [-0.4, -0.2) is 43.8 Å². The first kappa shape index (κ1) is 32.7. The topological polar surface area (TPSA) is 86.8 Å². The van der Waals surface area contributed by atoms with Crippen LogP contribution in [0.3, 0.4) is 0 Å². The van der Waals surface area contributed by atoms with Crippen molar-refractivity contribution in [2.24, 2.45) is 0 Å². The van der Waals surface area contributed by atoms with E-state index in [0.29, 0.717) is 17.0 Å². The minimum atomic E-state index is -4.30. The molecule has 2 atom stereocenters. The molecule has 44 heavy (non-hydrogen) atoms. The Labute approximate surface area is 263 Å². The number of carbonyl (C=O) groups excluding carboxylic acids is 2. The molecule has 0 unspecified atom stereocenters. The standard InChI is InChI=1S/C34H35ClFN3O4S/c1-3-25(2)37-34(41)32(22-26-10-6-4-7-11-26)38(23-27-14-16-28(35)17-15-27)33(40)24-39(30-12-8-5-9-13-30)44(42,43)31-20-18-29(36)19-21-31/h4-21,25,32H,3,22-24H2,1-2H3,(H,37,41)/t25-,32+/m1/s1. The van der Waals surface area contributed by atoms with Crippen LogP contribution in [0.25, 0.3) is 0 Å². The predicted molar refractivity (Wildman–Crippen MR) is 171 cm³/mol. The van der Waals surface area contributed by atoms with E-state index in [1.54, 1.807) is 54.6 Å². The van der Waals surface area contributed by atoms with E-state index in [2.05, 4.69) is 5.32 Å². The third kappa shape index (κ3) is 8.45. The molecule has 0 saturated carbocycles. The zero-order valence-electron chi connectivity index (χ0n) is 24.6. The Morgan fingerprint density at radius 3 is 2.02 bits per heavy atom. The van der Waals surface area contributed by atoms with Crippen LogP contribution in [-0.2, 0) is 32.6 Å². The van der Waals surface area contributed by atoms with E-state index >= 15 is 0 Å². The highest BCUT2D eigenvalue weighted by Gasteiger charge is 2.35. The Kier molecular flexibility index (Phi) is 11.1. The molecule has 0 aliphatic rings. The lowest BCUT2D eigenvalue weighted by Gasteiger charge is -2.34. The van der Waals surface area contributed by atoms with Crippen LogP contribution < -0.4 is 9.62 Å². The molecule has 4 aromatic rings. The smallest absolute Gasteiger partial charge is 0.264 e. The number of amides is 2. The van der Waals surface area contributed by atoms with Crippen molar-refractivity contribution in [3.63, 3.8) is 0 Å². The van der Waals surface area contributed by atoms with Crippen molar-refractivity contribution in [2.75, 3.05) is 10.8 Å². The van der Waals surface area contributed by atoms with E-state index in [9.17, 15) is 22.4 Å². The van der Waals surface area contributed by atoms with Crippen molar-refractivity contribution in [1.29, 1.82) is 0 Å². The van der Waals surface area contributed by atoms with E-state index in [-0.39, 0.29) is 35.5 Å². The van der Waals surface area contributed by atoms with Gasteiger partial charge in [0.25, 0.3) is 10.0 Å². The van der Waals surface area contributed by atoms with Gasteiger partial charge in [0.15, 0.2) is 0 Å². The maximum absolute atomic E-state index is 14.4. The normalized spacial score (nSPS) is 12.6. The second kappa shape index (κ2) is 15.0. The molecule has 0 radical (unpaired) electrons. The number of sulfonamides is 1. The van der Waals surface area contributed by atoms with Crippen molar-refractivity contribution < 1.29 is 22.4 Å². The molecule has 0 aliphatic carbocycles. The molecule has 0 saturated heterocycles. The van der Waals surface area contributed by atoms with E-state index in [1.165, 1.54) is 4.90 Å². The molecule has 1 N–H and O–H groups in total. The largest absolute Gasteiger partial charge is 0.352 e. The molecule has 0 aromatic heterocycles. The van der Waals surface area contributed by atoms with E-state index < -0.39 is 34.3 Å².